The first kappa shape index (κ1) is 21.0. The fraction of sp³-hybridized carbons (Fsp3) is 0.941. The Morgan fingerprint density at radius 2 is 1.43 bits per heavy atom. The van der Waals surface area contributed by atoms with Gasteiger partial charge in [0.15, 0.2) is 7.38 Å². The Morgan fingerprint density at radius 1 is 0.905 bits per heavy atom. The largest absolute Gasteiger partial charge is 0.356 e. The summed E-state index contributed by atoms with van der Waals surface area (Å²) in [5.41, 5.74) is 0. The zero-order valence-corrected chi connectivity index (χ0v) is 16.2. The van der Waals surface area contributed by atoms with Crippen molar-refractivity contribution in [1.82, 2.24) is 5.32 Å². The standard InChI is InChI=1S/C17H36ClNOSi/c1-4-5-6-7-8-9-10-11-12-14-17(20)19-15-13-16-21(2,3)18/h4-16H2,1-3H3,(H,19,20). The lowest BCUT2D eigenvalue weighted by atomic mass is 10.1. The number of carbonyl (C=O) groups excluding carboxylic acids is 1. The molecule has 0 saturated carbocycles. The molecule has 0 unspecified atom stereocenters. The van der Waals surface area contributed by atoms with Crippen LogP contribution in [0.2, 0.25) is 19.1 Å². The van der Waals surface area contributed by atoms with Gasteiger partial charge in [0.2, 0.25) is 5.91 Å². The van der Waals surface area contributed by atoms with Gasteiger partial charge in [0, 0.05) is 13.0 Å². The van der Waals surface area contributed by atoms with Crippen LogP contribution in [0.5, 0.6) is 0 Å². The van der Waals surface area contributed by atoms with Gasteiger partial charge in [0.1, 0.15) is 0 Å². The molecule has 0 spiro atoms. The molecular weight excluding hydrogens is 298 g/mol. The van der Waals surface area contributed by atoms with E-state index in [0.717, 1.165) is 25.4 Å². The van der Waals surface area contributed by atoms with Crippen molar-refractivity contribution >= 4 is 24.4 Å². The molecule has 0 heterocycles. The van der Waals surface area contributed by atoms with E-state index >= 15 is 0 Å². The highest BCUT2D eigenvalue weighted by atomic mass is 35.6. The first-order chi connectivity index (χ1) is 9.95. The Hall–Kier alpha value is -0.0231. The van der Waals surface area contributed by atoms with Crippen molar-refractivity contribution in [2.24, 2.45) is 0 Å². The molecule has 0 fully saturated rings. The van der Waals surface area contributed by atoms with Crippen LogP contribution in [0.25, 0.3) is 0 Å². The highest BCUT2D eigenvalue weighted by molar-refractivity contribution is 7.19. The second kappa shape index (κ2) is 13.6. The van der Waals surface area contributed by atoms with Gasteiger partial charge in [0.05, 0.1) is 0 Å². The van der Waals surface area contributed by atoms with E-state index in [1.807, 2.05) is 0 Å². The van der Waals surface area contributed by atoms with Crippen molar-refractivity contribution in [3.63, 3.8) is 0 Å². The van der Waals surface area contributed by atoms with Gasteiger partial charge in [-0.1, -0.05) is 71.4 Å². The number of amides is 1. The summed E-state index contributed by atoms with van der Waals surface area (Å²) >= 11 is 6.25. The van der Waals surface area contributed by atoms with Crippen molar-refractivity contribution < 1.29 is 4.79 Å². The second-order valence-electron chi connectivity index (χ2n) is 6.75. The van der Waals surface area contributed by atoms with E-state index in [0.29, 0.717) is 6.42 Å². The quantitative estimate of drug-likeness (QED) is 0.241. The number of nitrogens with one attached hydrogen (secondary N) is 1. The van der Waals surface area contributed by atoms with Crippen LogP contribution < -0.4 is 5.32 Å². The average Bonchev–Trinajstić information content (AvgIpc) is 2.41. The normalized spacial score (nSPS) is 11.6. The molecule has 0 rings (SSSR count). The lowest BCUT2D eigenvalue weighted by Gasteiger charge is -2.12. The Kier molecular flexibility index (Phi) is 13.6. The minimum Gasteiger partial charge on any atom is -0.356 e. The topological polar surface area (TPSA) is 29.1 Å². The molecule has 21 heavy (non-hydrogen) atoms. The lowest BCUT2D eigenvalue weighted by molar-refractivity contribution is -0.121. The molecule has 0 radical (unpaired) electrons. The summed E-state index contributed by atoms with van der Waals surface area (Å²) in [6.45, 7) is 7.35. The molecule has 0 aromatic rings. The molecule has 0 aromatic heterocycles. The third kappa shape index (κ3) is 17.9. The van der Waals surface area contributed by atoms with Crippen LogP contribution in [0.1, 0.15) is 77.6 Å². The number of carbonyl (C=O) groups is 1. The molecule has 126 valence electrons. The van der Waals surface area contributed by atoms with E-state index in [9.17, 15) is 4.79 Å². The molecule has 0 aromatic carbocycles. The van der Waals surface area contributed by atoms with Gasteiger partial charge in [-0.15, -0.1) is 0 Å². The zero-order chi connectivity index (χ0) is 16.0. The van der Waals surface area contributed by atoms with Crippen molar-refractivity contribution in [2.75, 3.05) is 6.54 Å². The van der Waals surface area contributed by atoms with E-state index < -0.39 is 7.38 Å². The third-order valence-corrected chi connectivity index (χ3v) is 5.89. The molecule has 1 amide bonds. The summed E-state index contributed by atoms with van der Waals surface area (Å²) in [5.74, 6) is 0.215. The predicted octanol–water partition coefficient (Wildman–Crippen LogP) is 5.86. The maximum absolute atomic E-state index is 11.6. The van der Waals surface area contributed by atoms with Crippen LogP contribution in [0.15, 0.2) is 0 Å². The van der Waals surface area contributed by atoms with Gasteiger partial charge in [-0.2, -0.15) is 11.1 Å². The first-order valence-electron chi connectivity index (χ1n) is 8.91. The number of halogens is 1. The van der Waals surface area contributed by atoms with Crippen LogP contribution in [0, 0.1) is 0 Å². The molecule has 0 saturated heterocycles. The van der Waals surface area contributed by atoms with E-state index in [2.05, 4.69) is 25.3 Å². The molecule has 0 atom stereocenters. The zero-order valence-electron chi connectivity index (χ0n) is 14.5. The number of hydrogen-bond acceptors (Lipinski definition) is 1. The Balaban J connectivity index is 3.23. The molecule has 4 heteroatoms. The van der Waals surface area contributed by atoms with E-state index in [4.69, 9.17) is 11.1 Å². The minimum atomic E-state index is -1.46. The summed E-state index contributed by atoms with van der Waals surface area (Å²) in [7, 11) is -1.46. The Bertz CT molecular complexity index is 254. The lowest BCUT2D eigenvalue weighted by Crippen LogP contribution is -2.26. The molecule has 0 aliphatic heterocycles. The van der Waals surface area contributed by atoms with Crippen LogP contribution >= 0.6 is 11.1 Å². The van der Waals surface area contributed by atoms with Crippen molar-refractivity contribution in [2.45, 2.75) is 96.7 Å². The number of hydrogen-bond donors (Lipinski definition) is 1. The van der Waals surface area contributed by atoms with Gasteiger partial charge < -0.3 is 5.32 Å². The maximum Gasteiger partial charge on any atom is 0.219 e. The second-order valence-corrected chi connectivity index (χ2v) is 13.8. The molecule has 0 bridgehead atoms. The van der Waals surface area contributed by atoms with E-state index in [-0.39, 0.29) is 5.91 Å². The van der Waals surface area contributed by atoms with Crippen LogP contribution in [0.4, 0.5) is 0 Å². The predicted molar refractivity (Wildman–Crippen MR) is 97.6 cm³/mol. The summed E-state index contributed by atoms with van der Waals surface area (Å²) in [6.07, 6.45) is 13.4. The van der Waals surface area contributed by atoms with Crippen LogP contribution in [-0.2, 0) is 4.79 Å². The van der Waals surface area contributed by atoms with Crippen LogP contribution in [0.3, 0.4) is 0 Å². The summed E-state index contributed by atoms with van der Waals surface area (Å²) < 4.78 is 0. The first-order valence-corrected chi connectivity index (χ1v) is 13.1. The van der Waals surface area contributed by atoms with Crippen molar-refractivity contribution in [3.8, 4) is 0 Å². The highest BCUT2D eigenvalue weighted by Gasteiger charge is 2.15. The maximum atomic E-state index is 11.6. The van der Waals surface area contributed by atoms with Gasteiger partial charge in [-0.05, 0) is 18.9 Å². The average molecular weight is 334 g/mol. The molecular formula is C17H36ClNOSi. The van der Waals surface area contributed by atoms with Gasteiger partial charge in [-0.25, -0.2) is 0 Å². The van der Waals surface area contributed by atoms with E-state index in [1.54, 1.807) is 0 Å². The summed E-state index contributed by atoms with van der Waals surface area (Å²) in [5, 5.41) is 3.01. The molecule has 0 aliphatic rings. The molecule has 2 nitrogen and oxygen atoms in total. The molecule has 0 aliphatic carbocycles. The van der Waals surface area contributed by atoms with Gasteiger partial charge in [-0.3, -0.25) is 4.79 Å². The highest BCUT2D eigenvalue weighted by Crippen LogP contribution is 2.15. The van der Waals surface area contributed by atoms with Crippen molar-refractivity contribution in [1.29, 1.82) is 0 Å². The van der Waals surface area contributed by atoms with Gasteiger partial charge >= 0.3 is 0 Å². The summed E-state index contributed by atoms with van der Waals surface area (Å²) in [4.78, 5) is 11.6. The Labute approximate surface area is 138 Å². The minimum absolute atomic E-state index is 0.215. The third-order valence-electron chi connectivity index (χ3n) is 3.78. The summed E-state index contributed by atoms with van der Waals surface area (Å²) in [6, 6.07) is 1.08. The Morgan fingerprint density at radius 3 is 1.95 bits per heavy atom. The monoisotopic (exact) mass is 333 g/mol. The molecule has 1 N–H and O–H groups in total. The SMILES string of the molecule is CCCCCCCCCCCC(=O)NCCC[Si](C)(C)Cl. The number of rotatable bonds is 14. The fourth-order valence-electron chi connectivity index (χ4n) is 2.42. The van der Waals surface area contributed by atoms with Gasteiger partial charge in [0.25, 0.3) is 0 Å². The van der Waals surface area contributed by atoms with E-state index in [1.165, 1.54) is 51.4 Å². The smallest absolute Gasteiger partial charge is 0.219 e. The van der Waals surface area contributed by atoms with Crippen molar-refractivity contribution in [3.05, 3.63) is 0 Å². The fourth-order valence-corrected chi connectivity index (χ4v) is 3.84. The number of unbranched alkanes of at least 4 members (excludes halogenated alkanes) is 8. The van der Waals surface area contributed by atoms with Crippen LogP contribution in [-0.4, -0.2) is 19.8 Å².